The van der Waals surface area contributed by atoms with Crippen LogP contribution in [0.15, 0.2) is 29.3 Å². The molecule has 0 saturated carbocycles. The lowest BCUT2D eigenvalue weighted by Crippen LogP contribution is -2.31. The number of benzene rings is 1. The molecule has 1 aliphatic rings. The number of likely N-dealkylation sites (N-methyl/N-ethyl adjacent to an activating group) is 1. The van der Waals surface area contributed by atoms with Crippen LogP contribution in [0.1, 0.15) is 51.2 Å². The number of rotatable bonds is 6. The SMILES string of the molecule is CNCCNC(=O)C[C@@H]1N=C(c2ccc(C)cc2)c2c(sc(C)c2C)-n2c(C)nnc21. The van der Waals surface area contributed by atoms with Gasteiger partial charge in [-0.25, -0.2) is 0 Å². The van der Waals surface area contributed by atoms with Crippen LogP contribution in [-0.2, 0) is 4.79 Å². The van der Waals surface area contributed by atoms with Crippen LogP contribution in [0, 0.1) is 27.7 Å². The Labute approximate surface area is 186 Å². The molecule has 1 amide bonds. The van der Waals surface area contributed by atoms with E-state index in [4.69, 9.17) is 4.99 Å². The molecule has 2 aromatic heterocycles. The van der Waals surface area contributed by atoms with Gasteiger partial charge in [0.1, 0.15) is 16.9 Å². The Morgan fingerprint density at radius 2 is 1.84 bits per heavy atom. The van der Waals surface area contributed by atoms with Crippen molar-refractivity contribution in [3.05, 3.63) is 63.0 Å². The van der Waals surface area contributed by atoms with Crippen molar-refractivity contribution in [2.24, 2.45) is 4.99 Å². The zero-order valence-electron chi connectivity index (χ0n) is 18.6. The molecule has 0 saturated heterocycles. The number of amides is 1. The van der Waals surface area contributed by atoms with Crippen LogP contribution in [0.4, 0.5) is 0 Å². The minimum atomic E-state index is -0.411. The fraction of sp³-hybridized carbons (Fsp3) is 0.391. The summed E-state index contributed by atoms with van der Waals surface area (Å²) >= 11 is 1.72. The van der Waals surface area contributed by atoms with Gasteiger partial charge in [-0.05, 0) is 40.3 Å². The summed E-state index contributed by atoms with van der Waals surface area (Å²) in [7, 11) is 1.86. The summed E-state index contributed by atoms with van der Waals surface area (Å²) < 4.78 is 2.08. The van der Waals surface area contributed by atoms with Crippen LogP contribution in [0.2, 0.25) is 0 Å². The average molecular weight is 437 g/mol. The molecule has 0 radical (unpaired) electrons. The summed E-state index contributed by atoms with van der Waals surface area (Å²) in [5.41, 5.74) is 5.47. The van der Waals surface area contributed by atoms with Crippen molar-refractivity contribution in [3.8, 4) is 5.00 Å². The molecule has 0 spiro atoms. The van der Waals surface area contributed by atoms with Gasteiger partial charge in [0.05, 0.1) is 12.1 Å². The van der Waals surface area contributed by atoms with Gasteiger partial charge in [0.2, 0.25) is 5.91 Å². The lowest BCUT2D eigenvalue weighted by molar-refractivity contribution is -0.121. The highest BCUT2D eigenvalue weighted by molar-refractivity contribution is 7.15. The van der Waals surface area contributed by atoms with Gasteiger partial charge >= 0.3 is 0 Å². The van der Waals surface area contributed by atoms with Crippen LogP contribution >= 0.6 is 11.3 Å². The Hall–Kier alpha value is -2.84. The summed E-state index contributed by atoms with van der Waals surface area (Å²) in [4.78, 5) is 19.1. The average Bonchev–Trinajstić information content (AvgIpc) is 3.21. The Morgan fingerprint density at radius 3 is 2.55 bits per heavy atom. The molecule has 3 heterocycles. The second-order valence-corrected chi connectivity index (χ2v) is 9.12. The maximum Gasteiger partial charge on any atom is 0.222 e. The van der Waals surface area contributed by atoms with Gasteiger partial charge in [-0.3, -0.25) is 14.4 Å². The zero-order valence-corrected chi connectivity index (χ0v) is 19.4. The van der Waals surface area contributed by atoms with E-state index in [0.29, 0.717) is 12.4 Å². The number of hydrogen-bond donors (Lipinski definition) is 2. The van der Waals surface area contributed by atoms with Crippen molar-refractivity contribution in [1.82, 2.24) is 25.4 Å². The normalized spacial score (nSPS) is 15.1. The van der Waals surface area contributed by atoms with Crippen LogP contribution in [-0.4, -0.2) is 46.5 Å². The first-order valence-corrected chi connectivity index (χ1v) is 11.3. The number of hydrogen-bond acceptors (Lipinski definition) is 6. The lowest BCUT2D eigenvalue weighted by Gasteiger charge is -2.13. The summed E-state index contributed by atoms with van der Waals surface area (Å²) in [5, 5.41) is 15.9. The molecule has 4 rings (SSSR count). The number of aromatic nitrogens is 3. The first-order chi connectivity index (χ1) is 14.9. The van der Waals surface area contributed by atoms with E-state index >= 15 is 0 Å². The zero-order chi connectivity index (χ0) is 22.1. The minimum Gasteiger partial charge on any atom is -0.355 e. The van der Waals surface area contributed by atoms with Gasteiger partial charge in [0.25, 0.3) is 0 Å². The van der Waals surface area contributed by atoms with Gasteiger partial charge in [-0.2, -0.15) is 0 Å². The van der Waals surface area contributed by atoms with Crippen molar-refractivity contribution in [3.63, 3.8) is 0 Å². The second kappa shape index (κ2) is 8.72. The third-order valence-corrected chi connectivity index (χ3v) is 6.83. The van der Waals surface area contributed by atoms with Gasteiger partial charge in [-0.15, -0.1) is 21.5 Å². The van der Waals surface area contributed by atoms with Crippen LogP contribution in [0.5, 0.6) is 0 Å². The third kappa shape index (κ3) is 4.05. The summed E-state index contributed by atoms with van der Waals surface area (Å²) in [6, 6.07) is 8.00. The van der Waals surface area contributed by atoms with Crippen LogP contribution in [0.3, 0.4) is 0 Å². The van der Waals surface area contributed by atoms with E-state index in [1.807, 2.05) is 14.0 Å². The number of nitrogens with zero attached hydrogens (tertiary/aromatic N) is 4. The fourth-order valence-electron chi connectivity index (χ4n) is 3.81. The Bertz CT molecular complexity index is 1140. The Morgan fingerprint density at radius 1 is 1.10 bits per heavy atom. The molecule has 1 aliphatic heterocycles. The third-order valence-electron chi connectivity index (χ3n) is 5.64. The highest BCUT2D eigenvalue weighted by atomic mass is 32.1. The highest BCUT2D eigenvalue weighted by Crippen LogP contribution is 2.39. The molecule has 1 aromatic carbocycles. The number of nitrogens with one attached hydrogen (secondary N) is 2. The molecule has 1 atom stereocenters. The number of carbonyl (C=O) groups is 1. The molecule has 0 bridgehead atoms. The van der Waals surface area contributed by atoms with E-state index in [2.05, 4.69) is 70.4 Å². The summed E-state index contributed by atoms with van der Waals surface area (Å²) in [6.07, 6.45) is 0.226. The first kappa shape index (κ1) is 21.4. The molecule has 8 heteroatoms. The molecule has 7 nitrogen and oxygen atoms in total. The molecule has 3 aromatic rings. The van der Waals surface area contributed by atoms with Gasteiger partial charge in [-0.1, -0.05) is 29.8 Å². The number of aryl methyl sites for hydroxylation is 3. The van der Waals surface area contributed by atoms with Crippen molar-refractivity contribution < 1.29 is 4.79 Å². The summed E-state index contributed by atoms with van der Waals surface area (Å²) in [6.45, 7) is 9.60. The summed E-state index contributed by atoms with van der Waals surface area (Å²) in [5.74, 6) is 1.47. The van der Waals surface area contributed by atoms with E-state index in [-0.39, 0.29) is 12.3 Å². The Kier molecular flexibility index (Phi) is 6.02. The molecule has 162 valence electrons. The molecular weight excluding hydrogens is 408 g/mol. The molecular formula is C23H28N6OS. The number of thiophene rings is 1. The smallest absolute Gasteiger partial charge is 0.222 e. The van der Waals surface area contributed by atoms with E-state index in [1.165, 1.54) is 16.0 Å². The van der Waals surface area contributed by atoms with Gasteiger partial charge < -0.3 is 10.6 Å². The molecule has 0 unspecified atom stereocenters. The van der Waals surface area contributed by atoms with Crippen molar-refractivity contribution >= 4 is 23.0 Å². The van der Waals surface area contributed by atoms with Crippen LogP contribution < -0.4 is 10.6 Å². The number of aliphatic imine (C=N–C) groups is 1. The number of carbonyl (C=O) groups excluding carboxylic acids is 1. The fourth-order valence-corrected chi connectivity index (χ4v) is 5.02. The largest absolute Gasteiger partial charge is 0.355 e. The van der Waals surface area contributed by atoms with E-state index < -0.39 is 6.04 Å². The predicted octanol–water partition coefficient (Wildman–Crippen LogP) is 3.18. The Balaban J connectivity index is 1.85. The van der Waals surface area contributed by atoms with E-state index in [0.717, 1.165) is 34.2 Å². The standard InChI is InChI=1S/C23H28N6OS/c1-13-6-8-17(9-7-13)21-20-14(2)15(3)31-23(20)29-16(4)27-28-22(29)18(26-21)12-19(30)25-11-10-24-5/h6-9,18,24H,10-12H2,1-5H3,(H,25,30)/t18-/m0/s1. The first-order valence-electron chi connectivity index (χ1n) is 10.5. The lowest BCUT2D eigenvalue weighted by atomic mass is 9.99. The van der Waals surface area contributed by atoms with Gasteiger partial charge in [0.15, 0.2) is 5.82 Å². The number of fused-ring (bicyclic) bond motifs is 3. The quantitative estimate of drug-likeness (QED) is 0.582. The van der Waals surface area contributed by atoms with Crippen molar-refractivity contribution in [2.75, 3.05) is 20.1 Å². The van der Waals surface area contributed by atoms with E-state index in [1.54, 1.807) is 11.3 Å². The monoisotopic (exact) mass is 436 g/mol. The van der Waals surface area contributed by atoms with Crippen molar-refractivity contribution in [2.45, 2.75) is 40.2 Å². The highest BCUT2D eigenvalue weighted by Gasteiger charge is 2.32. The maximum atomic E-state index is 12.7. The van der Waals surface area contributed by atoms with E-state index in [9.17, 15) is 4.79 Å². The molecule has 0 aliphatic carbocycles. The van der Waals surface area contributed by atoms with Crippen LogP contribution in [0.25, 0.3) is 5.00 Å². The second-order valence-electron chi connectivity index (χ2n) is 7.92. The predicted molar refractivity (Wildman–Crippen MR) is 125 cm³/mol. The molecule has 0 fully saturated rings. The van der Waals surface area contributed by atoms with Crippen molar-refractivity contribution in [1.29, 1.82) is 0 Å². The topological polar surface area (TPSA) is 84.2 Å². The minimum absolute atomic E-state index is 0.0439. The molecule has 31 heavy (non-hydrogen) atoms. The van der Waals surface area contributed by atoms with Gasteiger partial charge in [0, 0.05) is 29.1 Å². The maximum absolute atomic E-state index is 12.7. The molecule has 2 N–H and O–H groups in total.